The minimum absolute atomic E-state index is 0.337. The van der Waals surface area contributed by atoms with Gasteiger partial charge in [0, 0.05) is 6.42 Å². The van der Waals surface area contributed by atoms with Crippen molar-refractivity contribution in [2.45, 2.75) is 142 Å². The lowest BCUT2D eigenvalue weighted by Crippen LogP contribution is -2.45. The van der Waals surface area contributed by atoms with Crippen molar-refractivity contribution in [3.8, 4) is 0 Å². The van der Waals surface area contributed by atoms with Crippen LogP contribution in [0.4, 0.5) is 0 Å². The minimum atomic E-state index is -3.57. The highest BCUT2D eigenvalue weighted by atomic mass is 31.2. The third-order valence-corrected chi connectivity index (χ3v) is 8.76. The van der Waals surface area contributed by atoms with Gasteiger partial charge in [0.2, 0.25) is 0 Å². The molecule has 0 heterocycles. The molecule has 0 saturated heterocycles. The first-order chi connectivity index (χ1) is 15.8. The standard InChI is InChI=1S/C28H58NO3P/c1-6-8-9-10-11-12-13-14-15-16-17-18-19-20-21-22-23-24-25-27-32-33(30,31)28(26-7-2)29(3,4)5/h17-18,28H,6-16,19-27H2,1-5H3/p+1. The van der Waals surface area contributed by atoms with Crippen molar-refractivity contribution in [2.75, 3.05) is 27.7 Å². The maximum atomic E-state index is 12.7. The van der Waals surface area contributed by atoms with E-state index in [1.165, 1.54) is 96.3 Å². The fourth-order valence-corrected chi connectivity index (χ4v) is 6.43. The van der Waals surface area contributed by atoms with Crippen LogP contribution in [-0.4, -0.2) is 42.9 Å². The van der Waals surface area contributed by atoms with E-state index in [1.807, 2.05) is 21.1 Å². The van der Waals surface area contributed by atoms with Gasteiger partial charge in [0.05, 0.1) is 27.7 Å². The maximum Gasteiger partial charge on any atom is 0.385 e. The summed E-state index contributed by atoms with van der Waals surface area (Å²) in [6.07, 6.45) is 28.4. The van der Waals surface area contributed by atoms with Crippen LogP contribution in [0.2, 0.25) is 0 Å². The Hall–Kier alpha value is -0.150. The van der Waals surface area contributed by atoms with Crippen molar-refractivity contribution in [3.63, 3.8) is 0 Å². The van der Waals surface area contributed by atoms with Crippen molar-refractivity contribution in [2.24, 2.45) is 0 Å². The van der Waals surface area contributed by atoms with Gasteiger partial charge in [-0.25, -0.2) is 0 Å². The Morgan fingerprint density at radius 2 is 1.12 bits per heavy atom. The molecule has 198 valence electrons. The first-order valence-electron chi connectivity index (χ1n) is 14.2. The molecule has 2 unspecified atom stereocenters. The average Bonchev–Trinajstić information content (AvgIpc) is 2.75. The van der Waals surface area contributed by atoms with Gasteiger partial charge >= 0.3 is 7.60 Å². The van der Waals surface area contributed by atoms with Crippen molar-refractivity contribution in [1.29, 1.82) is 0 Å². The highest BCUT2D eigenvalue weighted by Crippen LogP contribution is 2.51. The van der Waals surface area contributed by atoms with Crippen LogP contribution < -0.4 is 0 Å². The lowest BCUT2D eigenvalue weighted by Gasteiger charge is -2.35. The molecule has 0 aliphatic carbocycles. The number of unbranched alkanes of at least 4 members (excludes halogenated alkanes) is 15. The van der Waals surface area contributed by atoms with E-state index in [0.29, 0.717) is 17.5 Å². The molecule has 0 aliphatic heterocycles. The molecular formula is C28H59NO3P+. The van der Waals surface area contributed by atoms with E-state index in [-0.39, 0.29) is 5.78 Å². The van der Waals surface area contributed by atoms with Crippen LogP contribution in [-0.2, 0) is 9.09 Å². The zero-order valence-electron chi connectivity index (χ0n) is 23.0. The number of quaternary nitrogens is 1. The van der Waals surface area contributed by atoms with Crippen LogP contribution in [0.15, 0.2) is 12.2 Å². The zero-order valence-corrected chi connectivity index (χ0v) is 23.9. The number of allylic oxidation sites excluding steroid dienone is 2. The molecule has 2 atom stereocenters. The summed E-state index contributed by atoms with van der Waals surface area (Å²) in [5.41, 5.74) is 0. The molecule has 0 bridgehead atoms. The third kappa shape index (κ3) is 19.8. The molecule has 0 amide bonds. The van der Waals surface area contributed by atoms with E-state index >= 15 is 0 Å². The Morgan fingerprint density at radius 3 is 1.55 bits per heavy atom. The summed E-state index contributed by atoms with van der Waals surface area (Å²) in [6.45, 7) is 4.73. The number of hydrogen-bond acceptors (Lipinski definition) is 2. The largest absolute Gasteiger partial charge is 0.385 e. The second kappa shape index (κ2) is 21.2. The quantitative estimate of drug-likeness (QED) is 0.0637. The third-order valence-electron chi connectivity index (χ3n) is 6.50. The van der Waals surface area contributed by atoms with Crippen LogP contribution in [0.1, 0.15) is 136 Å². The number of rotatable bonds is 24. The minimum Gasteiger partial charge on any atom is -0.320 e. The van der Waals surface area contributed by atoms with E-state index in [0.717, 1.165) is 19.3 Å². The van der Waals surface area contributed by atoms with Gasteiger partial charge in [-0.15, -0.1) is 0 Å². The molecule has 1 N–H and O–H groups in total. The van der Waals surface area contributed by atoms with Crippen molar-refractivity contribution < 1.29 is 18.5 Å². The van der Waals surface area contributed by atoms with Crippen LogP contribution >= 0.6 is 7.60 Å². The topological polar surface area (TPSA) is 46.5 Å². The van der Waals surface area contributed by atoms with Crippen molar-refractivity contribution in [1.82, 2.24) is 0 Å². The predicted molar refractivity (Wildman–Crippen MR) is 146 cm³/mol. The molecule has 0 radical (unpaired) electrons. The summed E-state index contributed by atoms with van der Waals surface area (Å²) in [4.78, 5) is 10.4. The molecule has 4 nitrogen and oxygen atoms in total. The Balaban J connectivity index is 3.53. The molecular weight excluding hydrogens is 429 g/mol. The average molecular weight is 489 g/mol. The second-order valence-electron chi connectivity index (χ2n) is 10.8. The fourth-order valence-electron chi connectivity index (χ4n) is 4.41. The number of hydrogen-bond donors (Lipinski definition) is 1. The summed E-state index contributed by atoms with van der Waals surface area (Å²) in [5.74, 6) is -0.337. The fraction of sp³-hybridized carbons (Fsp3) is 0.929. The monoisotopic (exact) mass is 488 g/mol. The smallest absolute Gasteiger partial charge is 0.320 e. The van der Waals surface area contributed by atoms with Gasteiger partial charge in [-0.1, -0.05) is 103 Å². The SMILES string of the molecule is CCCCCCCCCCCC=CCCCCCCCCOP(=O)(O)C(CCC)[N+](C)(C)C. The summed E-state index contributed by atoms with van der Waals surface area (Å²) in [7, 11) is 2.34. The van der Waals surface area contributed by atoms with E-state index in [1.54, 1.807) is 0 Å². The van der Waals surface area contributed by atoms with Crippen LogP contribution in [0.25, 0.3) is 0 Å². The predicted octanol–water partition coefficient (Wildman–Crippen LogP) is 9.23. The first kappa shape index (κ1) is 32.8. The highest BCUT2D eigenvalue weighted by Gasteiger charge is 2.41. The van der Waals surface area contributed by atoms with Gasteiger partial charge in [0.1, 0.15) is 0 Å². The zero-order chi connectivity index (χ0) is 24.8. The van der Waals surface area contributed by atoms with Gasteiger partial charge in [-0.05, 0) is 38.5 Å². The Bertz CT molecular complexity index is 502. The Labute approximate surface area is 207 Å². The molecule has 5 heteroatoms. The van der Waals surface area contributed by atoms with E-state index in [9.17, 15) is 9.46 Å². The normalized spacial score (nSPS) is 15.2. The molecule has 0 aromatic rings. The maximum absolute atomic E-state index is 12.7. The van der Waals surface area contributed by atoms with E-state index < -0.39 is 7.60 Å². The van der Waals surface area contributed by atoms with Crippen LogP contribution in [0.3, 0.4) is 0 Å². The molecule has 0 aromatic carbocycles. The second-order valence-corrected chi connectivity index (χ2v) is 12.8. The van der Waals surface area contributed by atoms with Gasteiger partial charge in [-0.3, -0.25) is 4.57 Å². The van der Waals surface area contributed by atoms with Gasteiger partial charge in [-0.2, -0.15) is 0 Å². The molecule has 0 aromatic heterocycles. The van der Waals surface area contributed by atoms with Crippen LogP contribution in [0, 0.1) is 0 Å². The van der Waals surface area contributed by atoms with Crippen molar-refractivity contribution >= 4 is 7.60 Å². The molecule has 0 fully saturated rings. The van der Waals surface area contributed by atoms with Crippen LogP contribution in [0.5, 0.6) is 0 Å². The summed E-state index contributed by atoms with van der Waals surface area (Å²) >= 11 is 0. The Kier molecular flexibility index (Phi) is 21.1. The van der Waals surface area contributed by atoms with E-state index in [2.05, 4.69) is 26.0 Å². The number of nitrogens with zero attached hydrogens (tertiary/aromatic N) is 1. The molecule has 0 rings (SSSR count). The molecule has 0 aliphatic rings. The lowest BCUT2D eigenvalue weighted by molar-refractivity contribution is -0.883. The Morgan fingerprint density at radius 1 is 0.697 bits per heavy atom. The summed E-state index contributed by atoms with van der Waals surface area (Å²) in [5, 5.41) is 0. The highest BCUT2D eigenvalue weighted by molar-refractivity contribution is 7.53. The summed E-state index contributed by atoms with van der Waals surface area (Å²) in [6, 6.07) is 0. The summed E-state index contributed by atoms with van der Waals surface area (Å²) < 4.78 is 18.6. The van der Waals surface area contributed by atoms with Gasteiger partial charge in [0.25, 0.3) is 0 Å². The van der Waals surface area contributed by atoms with Crippen molar-refractivity contribution in [3.05, 3.63) is 12.2 Å². The van der Waals surface area contributed by atoms with Gasteiger partial charge in [0.15, 0.2) is 5.78 Å². The van der Waals surface area contributed by atoms with E-state index in [4.69, 9.17) is 4.52 Å². The van der Waals surface area contributed by atoms with Gasteiger partial charge < -0.3 is 13.9 Å². The molecule has 0 spiro atoms. The lowest BCUT2D eigenvalue weighted by atomic mass is 10.1. The first-order valence-corrected chi connectivity index (χ1v) is 15.8. The molecule has 0 saturated carbocycles. The molecule has 33 heavy (non-hydrogen) atoms.